The van der Waals surface area contributed by atoms with E-state index < -0.39 is 10.7 Å². The molecule has 0 bridgehead atoms. The molecule has 27 heavy (non-hydrogen) atoms. The molecule has 0 unspecified atom stereocenters. The van der Waals surface area contributed by atoms with Crippen molar-refractivity contribution >= 4 is 17.6 Å². The molecule has 7 heteroatoms. The number of aliphatic imine (C=N–C) groups is 1. The van der Waals surface area contributed by atoms with Gasteiger partial charge in [0.1, 0.15) is 17.2 Å². The Morgan fingerprint density at radius 3 is 2.15 bits per heavy atom. The van der Waals surface area contributed by atoms with Gasteiger partial charge in [-0.2, -0.15) is 0 Å². The minimum Gasteiger partial charge on any atom is -0.502 e. The van der Waals surface area contributed by atoms with E-state index in [1.54, 1.807) is 61.7 Å². The van der Waals surface area contributed by atoms with Crippen molar-refractivity contribution in [3.05, 3.63) is 82.4 Å². The number of hydrogen-bond donors (Lipinski definition) is 1. The zero-order valence-electron chi connectivity index (χ0n) is 14.4. The molecule has 0 saturated heterocycles. The summed E-state index contributed by atoms with van der Waals surface area (Å²) in [5.74, 6) is 1.65. The topological polar surface area (TPSA) is 94.2 Å². The van der Waals surface area contributed by atoms with Gasteiger partial charge in [0, 0.05) is 17.8 Å². The van der Waals surface area contributed by atoms with Gasteiger partial charge in [-0.15, -0.1) is 0 Å². The van der Waals surface area contributed by atoms with E-state index in [1.807, 2.05) is 0 Å². The normalized spacial score (nSPS) is 10.7. The van der Waals surface area contributed by atoms with Gasteiger partial charge in [0.2, 0.25) is 5.75 Å². The number of methoxy groups -OCH3 is 1. The summed E-state index contributed by atoms with van der Waals surface area (Å²) in [7, 11) is 1.60. The molecule has 3 rings (SSSR count). The number of ether oxygens (including phenoxy) is 2. The van der Waals surface area contributed by atoms with Gasteiger partial charge < -0.3 is 14.6 Å². The van der Waals surface area contributed by atoms with Crippen molar-refractivity contribution in [1.29, 1.82) is 0 Å². The van der Waals surface area contributed by atoms with E-state index in [9.17, 15) is 15.2 Å². The number of hydrogen-bond acceptors (Lipinski definition) is 6. The molecule has 3 aromatic carbocycles. The fourth-order valence-corrected chi connectivity index (χ4v) is 2.32. The standard InChI is InChI=1S/C20H16N2O5/c1-26-16-9-11-18(12-10-16)27-17-7-5-15(6-8-17)21-13-14-3-2-4-19(20(14)23)22(24)25/h2-13,23H,1H3. The first kappa shape index (κ1) is 17.9. The molecule has 136 valence electrons. The molecule has 0 aliphatic rings. The van der Waals surface area contributed by atoms with Gasteiger partial charge in [-0.05, 0) is 54.6 Å². The van der Waals surface area contributed by atoms with E-state index in [0.717, 1.165) is 5.75 Å². The summed E-state index contributed by atoms with van der Waals surface area (Å²) in [5.41, 5.74) is 0.521. The largest absolute Gasteiger partial charge is 0.502 e. The van der Waals surface area contributed by atoms with Gasteiger partial charge in [0.05, 0.1) is 17.7 Å². The summed E-state index contributed by atoms with van der Waals surface area (Å²) in [5, 5.41) is 20.8. The van der Waals surface area contributed by atoms with Crippen molar-refractivity contribution in [2.75, 3.05) is 7.11 Å². The van der Waals surface area contributed by atoms with Crippen LogP contribution in [0.4, 0.5) is 11.4 Å². The van der Waals surface area contributed by atoms with Crippen LogP contribution in [0.15, 0.2) is 71.7 Å². The Bertz CT molecular complexity index is 967. The van der Waals surface area contributed by atoms with Gasteiger partial charge in [-0.25, -0.2) is 0 Å². The molecule has 3 aromatic rings. The van der Waals surface area contributed by atoms with Crippen molar-refractivity contribution in [3.63, 3.8) is 0 Å². The van der Waals surface area contributed by atoms with Gasteiger partial charge in [-0.3, -0.25) is 15.1 Å². The van der Waals surface area contributed by atoms with Crippen LogP contribution in [0.2, 0.25) is 0 Å². The molecule has 0 aliphatic heterocycles. The van der Waals surface area contributed by atoms with Crippen LogP contribution in [-0.2, 0) is 0 Å². The SMILES string of the molecule is COc1ccc(Oc2ccc(N=Cc3cccc([N+](=O)[O-])c3O)cc2)cc1. The number of aromatic hydroxyl groups is 1. The minimum atomic E-state index is -0.641. The maximum atomic E-state index is 10.9. The van der Waals surface area contributed by atoms with E-state index in [2.05, 4.69) is 4.99 Å². The second kappa shape index (κ2) is 8.01. The number of nitrogens with zero attached hydrogens (tertiary/aromatic N) is 2. The van der Waals surface area contributed by atoms with Crippen LogP contribution in [0, 0.1) is 10.1 Å². The Morgan fingerprint density at radius 2 is 1.56 bits per heavy atom. The Hall–Kier alpha value is -3.87. The number of phenols is 1. The molecule has 0 aliphatic carbocycles. The minimum absolute atomic E-state index is 0.266. The Labute approximate surface area is 155 Å². The molecule has 0 heterocycles. The van der Waals surface area contributed by atoms with Crippen molar-refractivity contribution in [2.45, 2.75) is 0 Å². The lowest BCUT2D eigenvalue weighted by Gasteiger charge is -2.06. The summed E-state index contributed by atoms with van der Waals surface area (Å²) in [6, 6.07) is 18.5. The third kappa shape index (κ3) is 4.40. The number of rotatable bonds is 6. The maximum Gasteiger partial charge on any atom is 0.311 e. The molecular formula is C20H16N2O5. The lowest BCUT2D eigenvalue weighted by atomic mass is 10.2. The first-order chi connectivity index (χ1) is 13.1. The van der Waals surface area contributed by atoms with Gasteiger partial charge in [0.25, 0.3) is 0 Å². The predicted octanol–water partition coefficient (Wildman–Crippen LogP) is 4.85. The Morgan fingerprint density at radius 1 is 0.963 bits per heavy atom. The van der Waals surface area contributed by atoms with E-state index in [-0.39, 0.29) is 11.3 Å². The molecule has 0 atom stereocenters. The fraction of sp³-hybridized carbons (Fsp3) is 0.0500. The Kier molecular flexibility index (Phi) is 5.32. The molecule has 0 aromatic heterocycles. The third-order valence-corrected chi connectivity index (χ3v) is 3.73. The van der Waals surface area contributed by atoms with Gasteiger partial charge in [-0.1, -0.05) is 6.07 Å². The number of phenolic OH excluding ortho intramolecular Hbond substituents is 1. The Balaban J connectivity index is 1.71. The molecule has 0 amide bonds. The molecule has 0 fully saturated rings. The summed E-state index contributed by atoms with van der Waals surface area (Å²) in [6.07, 6.45) is 1.38. The quantitative estimate of drug-likeness (QED) is 0.383. The maximum absolute atomic E-state index is 10.9. The van der Waals surface area contributed by atoms with Crippen LogP contribution < -0.4 is 9.47 Å². The van der Waals surface area contributed by atoms with E-state index in [4.69, 9.17) is 9.47 Å². The van der Waals surface area contributed by atoms with E-state index in [0.29, 0.717) is 17.2 Å². The lowest BCUT2D eigenvalue weighted by Crippen LogP contribution is -1.91. The number of nitro benzene ring substituents is 1. The molecule has 0 radical (unpaired) electrons. The first-order valence-electron chi connectivity index (χ1n) is 7.99. The zero-order chi connectivity index (χ0) is 19.2. The van der Waals surface area contributed by atoms with Gasteiger partial charge in [0.15, 0.2) is 0 Å². The summed E-state index contributed by atoms with van der Waals surface area (Å²) >= 11 is 0. The van der Waals surface area contributed by atoms with E-state index in [1.165, 1.54) is 18.3 Å². The van der Waals surface area contributed by atoms with E-state index >= 15 is 0 Å². The molecular weight excluding hydrogens is 348 g/mol. The average molecular weight is 364 g/mol. The first-order valence-corrected chi connectivity index (χ1v) is 7.99. The summed E-state index contributed by atoms with van der Waals surface area (Å²) in [6.45, 7) is 0. The van der Waals surface area contributed by atoms with Gasteiger partial charge >= 0.3 is 5.69 Å². The van der Waals surface area contributed by atoms with Crippen molar-refractivity contribution in [1.82, 2.24) is 0 Å². The van der Waals surface area contributed by atoms with Crippen LogP contribution in [0.25, 0.3) is 0 Å². The van der Waals surface area contributed by atoms with Crippen LogP contribution >= 0.6 is 0 Å². The van der Waals surface area contributed by atoms with Crippen molar-refractivity contribution in [2.24, 2.45) is 4.99 Å². The lowest BCUT2D eigenvalue weighted by molar-refractivity contribution is -0.385. The molecule has 1 N–H and O–H groups in total. The number of nitro groups is 1. The van der Waals surface area contributed by atoms with Crippen LogP contribution in [0.5, 0.6) is 23.0 Å². The predicted molar refractivity (Wildman–Crippen MR) is 102 cm³/mol. The number of benzene rings is 3. The smallest absolute Gasteiger partial charge is 0.311 e. The van der Waals surface area contributed by atoms with Crippen LogP contribution in [0.1, 0.15) is 5.56 Å². The van der Waals surface area contributed by atoms with Crippen molar-refractivity contribution < 1.29 is 19.5 Å². The molecule has 0 saturated carbocycles. The average Bonchev–Trinajstić information content (AvgIpc) is 2.68. The van der Waals surface area contributed by atoms with Crippen LogP contribution in [-0.4, -0.2) is 23.4 Å². The highest BCUT2D eigenvalue weighted by molar-refractivity contribution is 5.87. The zero-order valence-corrected chi connectivity index (χ0v) is 14.4. The summed E-state index contributed by atoms with van der Waals surface area (Å²) < 4.78 is 10.8. The summed E-state index contributed by atoms with van der Waals surface area (Å²) in [4.78, 5) is 14.4. The highest BCUT2D eigenvalue weighted by Gasteiger charge is 2.14. The van der Waals surface area contributed by atoms with Crippen molar-refractivity contribution in [3.8, 4) is 23.0 Å². The molecule has 7 nitrogen and oxygen atoms in total. The highest BCUT2D eigenvalue weighted by atomic mass is 16.6. The molecule has 0 spiro atoms. The third-order valence-electron chi connectivity index (χ3n) is 3.73. The second-order valence-corrected chi connectivity index (χ2v) is 5.50. The van der Waals surface area contributed by atoms with Crippen LogP contribution in [0.3, 0.4) is 0 Å². The fourth-order valence-electron chi connectivity index (χ4n) is 2.32. The number of para-hydroxylation sites is 1. The second-order valence-electron chi connectivity index (χ2n) is 5.50. The highest BCUT2D eigenvalue weighted by Crippen LogP contribution is 2.29. The monoisotopic (exact) mass is 364 g/mol.